The van der Waals surface area contributed by atoms with Crippen LogP contribution in [0, 0.1) is 10.5 Å². The minimum atomic E-state index is -0.229. The number of benzene rings is 1. The largest absolute Gasteiger partial charge is 0.321 e. The van der Waals surface area contributed by atoms with E-state index in [4.69, 9.17) is 23.2 Å². The lowest BCUT2D eigenvalue weighted by Gasteiger charge is -2.08. The van der Waals surface area contributed by atoms with Gasteiger partial charge in [-0.1, -0.05) is 23.2 Å². The van der Waals surface area contributed by atoms with Crippen LogP contribution in [0.1, 0.15) is 16.1 Å². The van der Waals surface area contributed by atoms with Crippen molar-refractivity contribution in [2.24, 2.45) is 0 Å². The highest BCUT2D eigenvalue weighted by Crippen LogP contribution is 2.23. The van der Waals surface area contributed by atoms with E-state index in [2.05, 4.69) is 32.9 Å². The first-order valence-corrected chi connectivity index (χ1v) is 7.20. The van der Waals surface area contributed by atoms with Gasteiger partial charge in [0, 0.05) is 19.9 Å². The Morgan fingerprint density at radius 3 is 2.63 bits per heavy atom. The highest BCUT2D eigenvalue weighted by Gasteiger charge is 2.10. The summed E-state index contributed by atoms with van der Waals surface area (Å²) in [4.78, 5) is 16.1. The van der Waals surface area contributed by atoms with E-state index in [1.165, 1.54) is 6.07 Å². The Morgan fingerprint density at radius 2 is 2.00 bits per heavy atom. The summed E-state index contributed by atoms with van der Waals surface area (Å²) in [5.41, 5.74) is 1.88. The fraction of sp³-hybridized carbons (Fsp3) is 0.0769. The molecule has 0 fully saturated rings. The number of amides is 1. The Bertz CT molecular complexity index is 626. The van der Waals surface area contributed by atoms with Crippen LogP contribution in [0.4, 0.5) is 5.69 Å². The summed E-state index contributed by atoms with van der Waals surface area (Å²) in [6, 6.07) is 8.49. The second-order valence-corrected chi connectivity index (χ2v) is 5.88. The van der Waals surface area contributed by atoms with Crippen molar-refractivity contribution in [3.05, 3.63) is 55.3 Å². The van der Waals surface area contributed by atoms with Gasteiger partial charge in [-0.05, 0) is 59.8 Å². The molecule has 0 aliphatic rings. The Kier molecular flexibility index (Phi) is 4.65. The number of rotatable bonds is 2. The minimum absolute atomic E-state index is 0.229. The van der Waals surface area contributed by atoms with Gasteiger partial charge in [0.25, 0.3) is 5.91 Å². The maximum absolute atomic E-state index is 12.1. The van der Waals surface area contributed by atoms with E-state index >= 15 is 0 Å². The zero-order valence-corrected chi connectivity index (χ0v) is 13.5. The number of anilines is 1. The Labute approximate surface area is 134 Å². The second-order valence-electron chi connectivity index (χ2n) is 3.90. The Balaban J connectivity index is 2.25. The average Bonchev–Trinajstić information content (AvgIpc) is 2.31. The van der Waals surface area contributed by atoms with Crippen molar-refractivity contribution in [2.75, 3.05) is 5.32 Å². The molecule has 1 amide bonds. The third kappa shape index (κ3) is 3.81. The normalized spacial score (nSPS) is 10.3. The molecule has 1 heterocycles. The molecule has 6 heteroatoms. The van der Waals surface area contributed by atoms with Crippen LogP contribution in [0.2, 0.25) is 10.2 Å². The van der Waals surface area contributed by atoms with Gasteiger partial charge < -0.3 is 5.32 Å². The molecule has 1 N–H and O–H groups in total. The van der Waals surface area contributed by atoms with Crippen molar-refractivity contribution in [1.29, 1.82) is 0 Å². The van der Waals surface area contributed by atoms with Crippen molar-refractivity contribution < 1.29 is 4.79 Å². The fourth-order valence-corrected chi connectivity index (χ4v) is 2.80. The molecule has 0 spiro atoms. The average molecular weight is 407 g/mol. The van der Waals surface area contributed by atoms with E-state index in [1.54, 1.807) is 31.2 Å². The van der Waals surface area contributed by atoms with Crippen LogP contribution >= 0.6 is 45.8 Å². The van der Waals surface area contributed by atoms with Gasteiger partial charge in [-0.3, -0.25) is 4.79 Å². The lowest BCUT2D eigenvalue weighted by molar-refractivity contribution is 0.102. The van der Waals surface area contributed by atoms with Crippen LogP contribution < -0.4 is 5.32 Å². The molecule has 0 radical (unpaired) electrons. The van der Waals surface area contributed by atoms with Gasteiger partial charge in [-0.25, -0.2) is 4.98 Å². The van der Waals surface area contributed by atoms with Gasteiger partial charge in [-0.2, -0.15) is 0 Å². The summed E-state index contributed by atoms with van der Waals surface area (Å²) >= 11 is 13.8. The first-order valence-electron chi connectivity index (χ1n) is 5.36. The molecule has 0 aliphatic carbocycles. The standard InChI is InChI=1S/C13H9Cl2IN2O/c1-7-4-8(5-12(15)17-7)13(19)18-11-3-2-9(14)6-10(11)16/h2-6H,1H3,(H,18,19). The SMILES string of the molecule is Cc1cc(C(=O)Nc2ccc(Cl)cc2I)cc(Cl)n1. The zero-order valence-electron chi connectivity index (χ0n) is 9.88. The molecule has 1 aromatic carbocycles. The van der Waals surface area contributed by atoms with Crippen LogP contribution in [0.25, 0.3) is 0 Å². The second kappa shape index (κ2) is 6.07. The van der Waals surface area contributed by atoms with Crippen LogP contribution in [0.15, 0.2) is 30.3 Å². The van der Waals surface area contributed by atoms with Crippen LogP contribution in [0.3, 0.4) is 0 Å². The van der Waals surface area contributed by atoms with Crippen LogP contribution in [-0.4, -0.2) is 10.9 Å². The highest BCUT2D eigenvalue weighted by atomic mass is 127. The smallest absolute Gasteiger partial charge is 0.255 e. The summed E-state index contributed by atoms with van der Waals surface area (Å²) in [6.45, 7) is 1.79. The quantitative estimate of drug-likeness (QED) is 0.587. The number of halogens is 3. The maximum atomic E-state index is 12.1. The lowest BCUT2D eigenvalue weighted by Crippen LogP contribution is -2.13. The molecule has 0 saturated carbocycles. The van der Waals surface area contributed by atoms with Crippen LogP contribution in [0.5, 0.6) is 0 Å². The van der Waals surface area contributed by atoms with E-state index in [9.17, 15) is 4.79 Å². The predicted octanol–water partition coefficient (Wildman–Crippen LogP) is 4.55. The molecule has 0 saturated heterocycles. The molecule has 0 bridgehead atoms. The molecule has 19 heavy (non-hydrogen) atoms. The summed E-state index contributed by atoms with van der Waals surface area (Å²) in [7, 11) is 0. The number of hydrogen-bond acceptors (Lipinski definition) is 2. The van der Waals surface area contributed by atoms with E-state index in [-0.39, 0.29) is 5.91 Å². The molecule has 2 aromatic rings. The molecule has 0 aliphatic heterocycles. The molecule has 1 aromatic heterocycles. The molecule has 0 unspecified atom stereocenters. The number of pyridine rings is 1. The van der Waals surface area contributed by atoms with Crippen molar-refractivity contribution in [2.45, 2.75) is 6.92 Å². The number of aryl methyl sites for hydroxylation is 1. The fourth-order valence-electron chi connectivity index (χ4n) is 1.54. The zero-order chi connectivity index (χ0) is 14.0. The van der Waals surface area contributed by atoms with Gasteiger partial charge in [0.05, 0.1) is 5.69 Å². The number of nitrogens with one attached hydrogen (secondary N) is 1. The van der Waals surface area contributed by atoms with E-state index in [0.29, 0.717) is 27.1 Å². The molecule has 2 rings (SSSR count). The first kappa shape index (κ1) is 14.6. The number of hydrogen-bond donors (Lipinski definition) is 1. The van der Waals surface area contributed by atoms with E-state index in [0.717, 1.165) is 3.57 Å². The molecule has 3 nitrogen and oxygen atoms in total. The Morgan fingerprint density at radius 1 is 1.26 bits per heavy atom. The third-order valence-corrected chi connectivity index (χ3v) is 3.68. The number of carbonyl (C=O) groups is 1. The van der Waals surface area contributed by atoms with Gasteiger partial charge in [0.2, 0.25) is 0 Å². The van der Waals surface area contributed by atoms with E-state index < -0.39 is 0 Å². The Hall–Kier alpha value is -0.850. The van der Waals surface area contributed by atoms with Gasteiger partial charge in [0.15, 0.2) is 0 Å². The van der Waals surface area contributed by atoms with Crippen molar-refractivity contribution in [3.63, 3.8) is 0 Å². The van der Waals surface area contributed by atoms with Gasteiger partial charge >= 0.3 is 0 Å². The summed E-state index contributed by atoms with van der Waals surface area (Å²) in [5.74, 6) is -0.229. The maximum Gasteiger partial charge on any atom is 0.255 e. The third-order valence-electron chi connectivity index (χ3n) is 2.36. The molecular weight excluding hydrogens is 398 g/mol. The monoisotopic (exact) mass is 406 g/mol. The summed E-state index contributed by atoms with van der Waals surface area (Å²) in [6.07, 6.45) is 0. The predicted molar refractivity (Wildman–Crippen MR) is 86.1 cm³/mol. The van der Waals surface area contributed by atoms with Crippen molar-refractivity contribution in [3.8, 4) is 0 Å². The number of aromatic nitrogens is 1. The molecular formula is C13H9Cl2IN2O. The topological polar surface area (TPSA) is 42.0 Å². The van der Waals surface area contributed by atoms with Gasteiger partial charge in [0.1, 0.15) is 5.15 Å². The van der Waals surface area contributed by atoms with Crippen molar-refractivity contribution >= 4 is 57.4 Å². The van der Waals surface area contributed by atoms with Crippen molar-refractivity contribution in [1.82, 2.24) is 4.98 Å². The number of carbonyl (C=O) groups excluding carboxylic acids is 1. The summed E-state index contributed by atoms with van der Waals surface area (Å²) in [5, 5.41) is 3.75. The molecule has 0 atom stereocenters. The van der Waals surface area contributed by atoms with Crippen LogP contribution in [-0.2, 0) is 0 Å². The molecule has 98 valence electrons. The lowest BCUT2D eigenvalue weighted by atomic mass is 10.2. The van der Waals surface area contributed by atoms with Gasteiger partial charge in [-0.15, -0.1) is 0 Å². The van der Waals surface area contributed by atoms with E-state index in [1.807, 2.05) is 0 Å². The minimum Gasteiger partial charge on any atom is -0.321 e. The first-order chi connectivity index (χ1) is 8.95. The highest BCUT2D eigenvalue weighted by molar-refractivity contribution is 14.1. The number of nitrogens with zero attached hydrogens (tertiary/aromatic N) is 1. The summed E-state index contributed by atoms with van der Waals surface area (Å²) < 4.78 is 0.871.